The third-order valence-corrected chi connectivity index (χ3v) is 23.8. The number of aromatic nitrogens is 1. The molecule has 0 atom stereocenters. The minimum Gasteiger partial charge on any atom is -0.0602 e. The fourth-order valence-corrected chi connectivity index (χ4v) is 20.5. The number of fused-ring (bicyclic) bond motifs is 3. The summed E-state index contributed by atoms with van der Waals surface area (Å²) in [5.41, 5.74) is 12.4. The summed E-state index contributed by atoms with van der Waals surface area (Å²) in [5.74, 6) is 0. The van der Waals surface area contributed by atoms with Crippen molar-refractivity contribution in [2.24, 2.45) is 0 Å². The normalized spacial score (nSPS) is 11.4. The van der Waals surface area contributed by atoms with Crippen LogP contribution in [0.15, 0.2) is 297 Å². The first kappa shape index (κ1) is 42.7. The average molecular weight is 957 g/mol. The summed E-state index contributed by atoms with van der Waals surface area (Å²) < 4.78 is 8.03. The SMILES string of the molecule is c1ccc(N(c2ccccc2)c2ccc(N(c3ccc(-c4cc[c]([Ge]([c]5ccccc5)([c]5ccccc5)[c]5ccccc5)cc4)cc3)c3ccc4c(c3)c3ccccc3n4-c3ccccc3)cc2)cc1. The van der Waals surface area contributed by atoms with E-state index in [2.05, 4.69) is 312 Å². The second-order valence-electron chi connectivity index (χ2n) is 17.7. The molecule has 0 radical (unpaired) electrons. The number of hydrogen-bond acceptors (Lipinski definition) is 2. The quantitative estimate of drug-likeness (QED) is 0.113. The number of nitrogens with zero attached hydrogens (tertiary/aromatic N) is 3. The van der Waals surface area contributed by atoms with Crippen LogP contribution >= 0.6 is 0 Å². The van der Waals surface area contributed by atoms with E-state index in [1.165, 1.54) is 50.5 Å². The van der Waals surface area contributed by atoms with Crippen LogP contribution in [0.2, 0.25) is 0 Å². The molecule has 0 unspecified atom stereocenters. The molecule has 0 aliphatic carbocycles. The third kappa shape index (κ3) is 7.77. The van der Waals surface area contributed by atoms with Gasteiger partial charge in [0.25, 0.3) is 0 Å². The summed E-state index contributed by atoms with van der Waals surface area (Å²) >= 11 is -3.39. The van der Waals surface area contributed by atoms with Gasteiger partial charge in [-0.3, -0.25) is 0 Å². The average Bonchev–Trinajstić information content (AvgIpc) is 3.78. The van der Waals surface area contributed by atoms with E-state index < -0.39 is 13.3 Å². The molecular weight excluding hydrogens is 907 g/mol. The van der Waals surface area contributed by atoms with Crippen LogP contribution in [0.4, 0.5) is 34.1 Å². The summed E-state index contributed by atoms with van der Waals surface area (Å²) in [6.45, 7) is 0. The van der Waals surface area contributed by atoms with E-state index in [4.69, 9.17) is 0 Å². The van der Waals surface area contributed by atoms with Crippen LogP contribution in [0.5, 0.6) is 0 Å². The number of hydrogen-bond donors (Lipinski definition) is 0. The molecule has 0 bridgehead atoms. The Kier molecular flexibility index (Phi) is 11.5. The van der Waals surface area contributed by atoms with E-state index in [0.717, 1.165) is 39.8 Å². The molecule has 332 valence electrons. The first-order chi connectivity index (χ1) is 34.7. The van der Waals surface area contributed by atoms with Crippen LogP contribution in [0.1, 0.15) is 0 Å². The van der Waals surface area contributed by atoms with Crippen LogP contribution in [0.25, 0.3) is 38.6 Å². The standard InChI is InChI=1S/C66H49GeN3/c1-7-21-52(22-8-1)67(53-23-9-2-10-24-53,54-25-11-3-12-26-54)55-39-35-50(36-40-55)51-37-41-59(42-38-51)69(61-45-43-60(44-46-61)68(56-27-13-4-14-28-56)57-29-15-5-16-30-57)62-47-48-66-64(49-62)63-33-19-20-34-65(63)70(66)58-31-17-6-18-32-58/h1-49H. The van der Waals surface area contributed by atoms with E-state index >= 15 is 0 Å². The van der Waals surface area contributed by atoms with Gasteiger partial charge in [0.15, 0.2) is 0 Å². The van der Waals surface area contributed by atoms with Gasteiger partial charge in [-0.15, -0.1) is 0 Å². The van der Waals surface area contributed by atoms with Crippen molar-refractivity contribution in [3.63, 3.8) is 0 Å². The van der Waals surface area contributed by atoms with Gasteiger partial charge in [0.05, 0.1) is 11.0 Å². The summed E-state index contributed by atoms with van der Waals surface area (Å²) in [6.07, 6.45) is 0. The van der Waals surface area contributed by atoms with Crippen molar-refractivity contribution in [1.82, 2.24) is 4.57 Å². The van der Waals surface area contributed by atoms with Gasteiger partial charge in [-0.25, -0.2) is 0 Å². The molecule has 12 aromatic rings. The van der Waals surface area contributed by atoms with Crippen molar-refractivity contribution in [3.05, 3.63) is 297 Å². The fraction of sp³-hybridized carbons (Fsp3) is 0. The second-order valence-corrected chi connectivity index (χ2v) is 25.7. The topological polar surface area (TPSA) is 11.4 Å². The Morgan fingerprint density at radius 1 is 0.243 bits per heavy atom. The first-order valence-electron chi connectivity index (χ1n) is 24.0. The van der Waals surface area contributed by atoms with Gasteiger partial charge in [0.2, 0.25) is 0 Å². The molecule has 70 heavy (non-hydrogen) atoms. The zero-order valence-electron chi connectivity index (χ0n) is 38.6. The van der Waals surface area contributed by atoms with E-state index in [1.54, 1.807) is 0 Å². The number of benzene rings is 11. The summed E-state index contributed by atoms with van der Waals surface area (Å²) in [6, 6.07) is 109. The van der Waals surface area contributed by atoms with E-state index in [9.17, 15) is 0 Å². The molecule has 0 saturated carbocycles. The van der Waals surface area contributed by atoms with Gasteiger partial charge in [-0.2, -0.15) is 0 Å². The predicted molar refractivity (Wildman–Crippen MR) is 299 cm³/mol. The molecule has 0 amide bonds. The maximum absolute atomic E-state index is 3.39. The molecule has 1 aromatic heterocycles. The Morgan fingerprint density at radius 2 is 0.571 bits per heavy atom. The molecule has 0 aliphatic rings. The predicted octanol–water partition coefficient (Wildman–Crippen LogP) is 14.8. The van der Waals surface area contributed by atoms with Crippen LogP contribution in [0.3, 0.4) is 0 Å². The molecule has 11 aromatic carbocycles. The molecule has 0 fully saturated rings. The Bertz CT molecular complexity index is 3520. The van der Waals surface area contributed by atoms with E-state index in [-0.39, 0.29) is 0 Å². The van der Waals surface area contributed by atoms with Crippen molar-refractivity contribution < 1.29 is 0 Å². The maximum atomic E-state index is 2.40. The Morgan fingerprint density at radius 3 is 1.06 bits per heavy atom. The van der Waals surface area contributed by atoms with Crippen LogP contribution in [0, 0.1) is 0 Å². The van der Waals surface area contributed by atoms with Gasteiger partial charge in [0.1, 0.15) is 0 Å². The number of para-hydroxylation sites is 4. The molecule has 4 heteroatoms. The van der Waals surface area contributed by atoms with Crippen molar-refractivity contribution in [2.45, 2.75) is 0 Å². The van der Waals surface area contributed by atoms with Crippen molar-refractivity contribution in [2.75, 3.05) is 9.80 Å². The van der Waals surface area contributed by atoms with Gasteiger partial charge in [-0.1, -0.05) is 72.8 Å². The third-order valence-electron chi connectivity index (χ3n) is 13.7. The minimum absolute atomic E-state index is 1.07. The Labute approximate surface area is 412 Å². The van der Waals surface area contributed by atoms with Crippen molar-refractivity contribution in [1.29, 1.82) is 0 Å². The molecule has 0 aliphatic heterocycles. The molecule has 3 nitrogen and oxygen atoms in total. The molecule has 0 N–H and O–H groups in total. The van der Waals surface area contributed by atoms with E-state index in [0.29, 0.717) is 0 Å². The minimum atomic E-state index is -3.39. The van der Waals surface area contributed by atoms with Crippen LogP contribution in [-0.2, 0) is 0 Å². The monoisotopic (exact) mass is 957 g/mol. The van der Waals surface area contributed by atoms with Gasteiger partial charge < -0.3 is 9.47 Å². The molecule has 1 heterocycles. The molecule has 12 rings (SSSR count). The molecule has 0 saturated heterocycles. The number of anilines is 6. The first-order valence-corrected chi connectivity index (χ1v) is 28.2. The van der Waals surface area contributed by atoms with E-state index in [1.807, 2.05) is 0 Å². The van der Waals surface area contributed by atoms with Gasteiger partial charge >= 0.3 is 251 Å². The van der Waals surface area contributed by atoms with Gasteiger partial charge in [0, 0.05) is 28.1 Å². The second kappa shape index (κ2) is 18.8. The zero-order valence-corrected chi connectivity index (χ0v) is 40.7. The van der Waals surface area contributed by atoms with Crippen LogP contribution < -0.4 is 27.4 Å². The smallest absolute Gasteiger partial charge is 0.0602 e. The number of rotatable bonds is 12. The van der Waals surface area contributed by atoms with Crippen molar-refractivity contribution in [3.8, 4) is 16.8 Å². The fourth-order valence-electron chi connectivity index (χ4n) is 10.5. The zero-order chi connectivity index (χ0) is 46.7. The summed E-state index contributed by atoms with van der Waals surface area (Å²) in [5, 5.41) is 2.43. The molecular formula is C66H49GeN3. The summed E-state index contributed by atoms with van der Waals surface area (Å²) in [4.78, 5) is 4.70. The Hall–Kier alpha value is -8.64. The summed E-state index contributed by atoms with van der Waals surface area (Å²) in [7, 11) is 0. The Balaban J connectivity index is 0.961. The van der Waals surface area contributed by atoms with Crippen molar-refractivity contribution >= 4 is 86.8 Å². The van der Waals surface area contributed by atoms with Crippen LogP contribution in [-0.4, -0.2) is 17.8 Å². The van der Waals surface area contributed by atoms with Gasteiger partial charge in [-0.05, 0) is 42.5 Å². The molecule has 0 spiro atoms.